The Balaban J connectivity index is 1.52. The van der Waals surface area contributed by atoms with Crippen molar-refractivity contribution in [2.45, 2.75) is 6.92 Å². The molecule has 0 spiro atoms. The predicted octanol–water partition coefficient (Wildman–Crippen LogP) is 3.54. The van der Waals surface area contributed by atoms with E-state index in [1.54, 1.807) is 26.2 Å². The van der Waals surface area contributed by atoms with Gasteiger partial charge in [0, 0.05) is 44.9 Å². The highest BCUT2D eigenvalue weighted by Gasteiger charge is 2.20. The van der Waals surface area contributed by atoms with Crippen LogP contribution in [0.4, 0.5) is 11.4 Å². The average molecular weight is 473 g/mol. The molecule has 2 aromatic rings. The zero-order valence-electron chi connectivity index (χ0n) is 17.9. The van der Waals surface area contributed by atoms with Crippen LogP contribution in [0.15, 0.2) is 48.5 Å². The molecule has 2 aromatic carbocycles. The molecule has 0 saturated carbocycles. The Morgan fingerprint density at radius 3 is 2.38 bits per heavy atom. The van der Waals surface area contributed by atoms with Crippen molar-refractivity contribution in [2.75, 3.05) is 43.5 Å². The first-order valence-electron chi connectivity index (χ1n) is 10.1. The van der Waals surface area contributed by atoms with Gasteiger partial charge in [-0.3, -0.25) is 14.9 Å². The zero-order valence-corrected chi connectivity index (χ0v) is 19.5. The number of methoxy groups -OCH3 is 1. The van der Waals surface area contributed by atoms with E-state index >= 15 is 0 Å². The maximum absolute atomic E-state index is 12.1. The van der Waals surface area contributed by atoms with Gasteiger partial charge in [0.1, 0.15) is 5.75 Å². The molecular formula is C23H25ClN4O3S. The van der Waals surface area contributed by atoms with Crippen molar-refractivity contribution >= 4 is 58.2 Å². The third-order valence-corrected chi connectivity index (χ3v) is 5.56. The first kappa shape index (κ1) is 23.6. The smallest absolute Gasteiger partial charge is 0.250 e. The van der Waals surface area contributed by atoms with Gasteiger partial charge < -0.3 is 19.9 Å². The lowest BCUT2D eigenvalue weighted by molar-refractivity contribution is -0.129. The summed E-state index contributed by atoms with van der Waals surface area (Å²) in [6.45, 7) is 4.37. The number of benzene rings is 2. The summed E-state index contributed by atoms with van der Waals surface area (Å²) < 4.78 is 5.11. The lowest BCUT2D eigenvalue weighted by Crippen LogP contribution is -2.48. The number of amides is 2. The highest BCUT2D eigenvalue weighted by atomic mass is 35.5. The molecule has 0 aliphatic carbocycles. The molecule has 9 heteroatoms. The van der Waals surface area contributed by atoms with Crippen LogP contribution in [0.5, 0.6) is 5.75 Å². The van der Waals surface area contributed by atoms with Crippen LogP contribution in [-0.2, 0) is 9.59 Å². The Morgan fingerprint density at radius 2 is 1.78 bits per heavy atom. The number of nitrogens with one attached hydrogen (secondary N) is 2. The second-order valence-electron chi connectivity index (χ2n) is 7.21. The van der Waals surface area contributed by atoms with Gasteiger partial charge in [-0.05, 0) is 54.2 Å². The predicted molar refractivity (Wildman–Crippen MR) is 132 cm³/mol. The standard InChI is InChI=1S/C23H25ClN4O3S/c1-16(29)27-11-13-28(14-12-27)21-9-6-18(15-20(21)24)25-23(32)26-22(30)10-5-17-3-7-19(31-2)8-4-17/h3-10,15H,11-14H2,1-2H3,(H2,25,26,30,32)/b10-5+. The molecule has 2 N–H and O–H groups in total. The van der Waals surface area contributed by atoms with Gasteiger partial charge in [0.25, 0.3) is 0 Å². The average Bonchev–Trinajstić information content (AvgIpc) is 2.78. The van der Waals surface area contributed by atoms with Crippen molar-refractivity contribution in [3.63, 3.8) is 0 Å². The van der Waals surface area contributed by atoms with Crippen LogP contribution in [0.25, 0.3) is 6.08 Å². The van der Waals surface area contributed by atoms with Gasteiger partial charge in [-0.1, -0.05) is 23.7 Å². The van der Waals surface area contributed by atoms with Crippen LogP contribution < -0.4 is 20.3 Å². The van der Waals surface area contributed by atoms with Crippen LogP contribution in [-0.4, -0.2) is 55.1 Å². The molecule has 1 saturated heterocycles. The Kier molecular flexibility index (Phi) is 8.08. The van der Waals surface area contributed by atoms with E-state index < -0.39 is 0 Å². The van der Waals surface area contributed by atoms with E-state index in [1.165, 1.54) is 6.08 Å². The Morgan fingerprint density at radius 1 is 1.09 bits per heavy atom. The molecule has 0 radical (unpaired) electrons. The van der Waals surface area contributed by atoms with Crippen LogP contribution in [0.3, 0.4) is 0 Å². The SMILES string of the molecule is COc1ccc(/C=C/C(=O)NC(=S)Nc2ccc(N3CCN(C(C)=O)CC3)c(Cl)c2)cc1. The summed E-state index contributed by atoms with van der Waals surface area (Å²) in [5.74, 6) is 0.494. The molecule has 0 bridgehead atoms. The number of hydrogen-bond donors (Lipinski definition) is 2. The van der Waals surface area contributed by atoms with E-state index in [-0.39, 0.29) is 16.9 Å². The molecule has 2 amide bonds. The first-order valence-corrected chi connectivity index (χ1v) is 10.9. The summed E-state index contributed by atoms with van der Waals surface area (Å²) in [5.41, 5.74) is 2.44. The maximum Gasteiger partial charge on any atom is 0.250 e. The van der Waals surface area contributed by atoms with E-state index in [4.69, 9.17) is 28.6 Å². The molecule has 3 rings (SSSR count). The number of thiocarbonyl (C=S) groups is 1. The van der Waals surface area contributed by atoms with Crippen molar-refractivity contribution in [3.8, 4) is 5.75 Å². The van der Waals surface area contributed by atoms with Crippen molar-refractivity contribution in [1.29, 1.82) is 0 Å². The quantitative estimate of drug-likeness (QED) is 0.512. The van der Waals surface area contributed by atoms with Crippen molar-refractivity contribution in [1.82, 2.24) is 10.2 Å². The normalized spacial score (nSPS) is 13.7. The Labute approximate surface area is 198 Å². The second kappa shape index (κ2) is 11.0. The molecular weight excluding hydrogens is 448 g/mol. The number of carbonyl (C=O) groups is 2. The van der Waals surface area contributed by atoms with E-state index in [0.717, 1.165) is 30.1 Å². The second-order valence-corrected chi connectivity index (χ2v) is 8.02. The largest absolute Gasteiger partial charge is 0.497 e. The minimum absolute atomic E-state index is 0.0877. The fourth-order valence-electron chi connectivity index (χ4n) is 3.31. The van der Waals surface area contributed by atoms with Crippen molar-refractivity contribution in [2.24, 2.45) is 0 Å². The van der Waals surface area contributed by atoms with Crippen LogP contribution in [0.1, 0.15) is 12.5 Å². The van der Waals surface area contributed by atoms with Crippen LogP contribution in [0.2, 0.25) is 5.02 Å². The number of carbonyl (C=O) groups excluding carboxylic acids is 2. The fraction of sp³-hybridized carbons (Fsp3) is 0.261. The van der Waals surface area contributed by atoms with Gasteiger partial charge in [-0.15, -0.1) is 0 Å². The van der Waals surface area contributed by atoms with E-state index in [9.17, 15) is 9.59 Å². The highest BCUT2D eigenvalue weighted by Crippen LogP contribution is 2.29. The molecule has 7 nitrogen and oxygen atoms in total. The summed E-state index contributed by atoms with van der Waals surface area (Å²) in [6.07, 6.45) is 3.10. The van der Waals surface area contributed by atoms with Crippen LogP contribution >= 0.6 is 23.8 Å². The minimum atomic E-state index is -0.343. The van der Waals surface area contributed by atoms with Gasteiger partial charge in [0.15, 0.2) is 5.11 Å². The molecule has 0 unspecified atom stereocenters. The molecule has 1 aliphatic rings. The highest BCUT2D eigenvalue weighted by molar-refractivity contribution is 7.80. The van der Waals surface area contributed by atoms with Crippen LogP contribution in [0, 0.1) is 0 Å². The van der Waals surface area contributed by atoms with Gasteiger partial charge in [-0.25, -0.2) is 0 Å². The van der Waals surface area contributed by atoms with Gasteiger partial charge in [0.05, 0.1) is 17.8 Å². The molecule has 32 heavy (non-hydrogen) atoms. The third-order valence-electron chi connectivity index (χ3n) is 5.05. The third kappa shape index (κ3) is 6.45. The molecule has 1 fully saturated rings. The number of anilines is 2. The maximum atomic E-state index is 12.1. The number of nitrogens with zero attached hydrogens (tertiary/aromatic N) is 2. The first-order chi connectivity index (χ1) is 15.4. The van der Waals surface area contributed by atoms with Crippen molar-refractivity contribution < 1.29 is 14.3 Å². The topological polar surface area (TPSA) is 73.9 Å². The summed E-state index contributed by atoms with van der Waals surface area (Å²) >= 11 is 11.7. The van der Waals surface area contributed by atoms with E-state index in [1.807, 2.05) is 41.3 Å². The summed E-state index contributed by atoms with van der Waals surface area (Å²) in [7, 11) is 1.60. The summed E-state index contributed by atoms with van der Waals surface area (Å²) in [6, 6.07) is 12.9. The zero-order chi connectivity index (χ0) is 23.1. The fourth-order valence-corrected chi connectivity index (χ4v) is 3.82. The van der Waals surface area contributed by atoms with Gasteiger partial charge in [-0.2, -0.15) is 0 Å². The summed E-state index contributed by atoms with van der Waals surface area (Å²) in [5, 5.41) is 6.33. The van der Waals surface area contributed by atoms with Gasteiger partial charge >= 0.3 is 0 Å². The minimum Gasteiger partial charge on any atom is -0.497 e. The number of ether oxygens (including phenoxy) is 1. The number of piperazine rings is 1. The Bertz CT molecular complexity index is 1020. The van der Waals surface area contributed by atoms with E-state index in [0.29, 0.717) is 23.8 Å². The van der Waals surface area contributed by atoms with Gasteiger partial charge in [0.2, 0.25) is 11.8 Å². The Hall–Kier alpha value is -3.10. The molecule has 0 aromatic heterocycles. The lowest BCUT2D eigenvalue weighted by atomic mass is 10.2. The lowest BCUT2D eigenvalue weighted by Gasteiger charge is -2.36. The monoisotopic (exact) mass is 472 g/mol. The molecule has 0 atom stereocenters. The number of hydrogen-bond acceptors (Lipinski definition) is 5. The number of halogens is 1. The van der Waals surface area contributed by atoms with Crippen molar-refractivity contribution in [3.05, 3.63) is 59.1 Å². The molecule has 1 aliphatic heterocycles. The molecule has 168 valence electrons. The molecule has 1 heterocycles. The summed E-state index contributed by atoms with van der Waals surface area (Å²) in [4.78, 5) is 27.6. The van der Waals surface area contributed by atoms with E-state index in [2.05, 4.69) is 15.5 Å². The number of rotatable bonds is 5.